The summed E-state index contributed by atoms with van der Waals surface area (Å²) in [7, 11) is 0. The highest BCUT2D eigenvalue weighted by Gasteiger charge is 2.20. The molecule has 0 radical (unpaired) electrons. The molecule has 1 fully saturated rings. The van der Waals surface area contributed by atoms with E-state index in [1.807, 2.05) is 29.1 Å². The number of rotatable bonds is 7. The predicted octanol–water partition coefficient (Wildman–Crippen LogP) is 2.25. The molecular formula is C21H24FN5O2. The van der Waals surface area contributed by atoms with Crippen LogP contribution in [-0.4, -0.2) is 64.5 Å². The molecule has 152 valence electrons. The average Bonchev–Trinajstić information content (AvgIpc) is 3.42. The number of benzene rings is 1. The molecule has 2 aromatic heterocycles. The molecule has 29 heavy (non-hydrogen) atoms. The third-order valence-corrected chi connectivity index (χ3v) is 4.95. The Morgan fingerprint density at radius 1 is 1.14 bits per heavy atom. The van der Waals surface area contributed by atoms with Gasteiger partial charge in [-0.2, -0.15) is 5.10 Å². The topological polar surface area (TPSA) is 64.3 Å². The van der Waals surface area contributed by atoms with E-state index in [-0.39, 0.29) is 11.7 Å². The molecular weight excluding hydrogens is 373 g/mol. The zero-order chi connectivity index (χ0) is 20.1. The zero-order valence-corrected chi connectivity index (χ0v) is 16.1. The third-order valence-electron chi connectivity index (χ3n) is 4.95. The summed E-state index contributed by atoms with van der Waals surface area (Å²) < 4.78 is 22.1. The second kappa shape index (κ2) is 9.02. The van der Waals surface area contributed by atoms with Crippen LogP contribution in [-0.2, 0) is 4.74 Å². The van der Waals surface area contributed by atoms with Crippen molar-refractivity contribution >= 4 is 5.91 Å². The molecule has 1 aliphatic rings. The Morgan fingerprint density at radius 3 is 2.59 bits per heavy atom. The fraction of sp³-hybridized carbons (Fsp3) is 0.333. The van der Waals surface area contributed by atoms with Crippen LogP contribution in [0.3, 0.4) is 0 Å². The molecule has 1 N–H and O–H groups in total. The number of amides is 1. The van der Waals surface area contributed by atoms with E-state index in [1.54, 1.807) is 23.0 Å². The standard InChI is InChI=1S/C21H24FN5O2/c22-17-4-6-18(7-5-17)27-21(26-10-1-2-11-26)19(16-24-27)20(28)23-8-3-9-25-12-14-29-15-13-25/h1-2,4-7,10-11,16H,3,8-9,12-15H2,(H,23,28). The highest BCUT2D eigenvalue weighted by Crippen LogP contribution is 2.20. The van der Waals surface area contributed by atoms with Gasteiger partial charge in [-0.25, -0.2) is 9.07 Å². The van der Waals surface area contributed by atoms with Crippen molar-refractivity contribution in [2.45, 2.75) is 6.42 Å². The lowest BCUT2D eigenvalue weighted by Gasteiger charge is -2.26. The van der Waals surface area contributed by atoms with Gasteiger partial charge >= 0.3 is 0 Å². The molecule has 0 unspecified atom stereocenters. The molecule has 0 atom stereocenters. The fourth-order valence-electron chi connectivity index (χ4n) is 3.42. The predicted molar refractivity (Wildman–Crippen MR) is 107 cm³/mol. The third kappa shape index (κ3) is 4.55. The minimum Gasteiger partial charge on any atom is -0.379 e. The van der Waals surface area contributed by atoms with Crippen molar-refractivity contribution in [3.8, 4) is 11.5 Å². The number of nitrogens with zero attached hydrogens (tertiary/aromatic N) is 4. The molecule has 0 aliphatic carbocycles. The van der Waals surface area contributed by atoms with Crippen molar-refractivity contribution in [3.63, 3.8) is 0 Å². The number of halogens is 1. The van der Waals surface area contributed by atoms with Crippen LogP contribution in [0, 0.1) is 5.82 Å². The summed E-state index contributed by atoms with van der Waals surface area (Å²) in [6, 6.07) is 9.79. The molecule has 3 aromatic rings. The molecule has 8 heteroatoms. The van der Waals surface area contributed by atoms with Crippen molar-refractivity contribution in [1.29, 1.82) is 0 Å². The summed E-state index contributed by atoms with van der Waals surface area (Å²) in [6.45, 7) is 4.95. The Kier molecular flexibility index (Phi) is 6.02. The summed E-state index contributed by atoms with van der Waals surface area (Å²) in [5.74, 6) is 0.123. The maximum atomic E-state index is 13.3. The Labute approximate surface area is 168 Å². The lowest BCUT2D eigenvalue weighted by atomic mass is 10.2. The van der Waals surface area contributed by atoms with Gasteiger partial charge in [0.15, 0.2) is 5.82 Å². The average molecular weight is 397 g/mol. The second-order valence-electron chi connectivity index (χ2n) is 6.92. The Hall–Kier alpha value is -2.97. The van der Waals surface area contributed by atoms with Crippen molar-refractivity contribution in [2.75, 3.05) is 39.4 Å². The summed E-state index contributed by atoms with van der Waals surface area (Å²) in [6.07, 6.45) is 6.13. The number of hydrogen-bond donors (Lipinski definition) is 1. The van der Waals surface area contributed by atoms with E-state index in [2.05, 4.69) is 15.3 Å². The highest BCUT2D eigenvalue weighted by molar-refractivity contribution is 5.97. The molecule has 4 rings (SSSR count). The largest absolute Gasteiger partial charge is 0.379 e. The first-order valence-electron chi connectivity index (χ1n) is 9.78. The van der Waals surface area contributed by atoms with Gasteiger partial charge < -0.3 is 14.6 Å². The van der Waals surface area contributed by atoms with E-state index >= 15 is 0 Å². The Bertz CT molecular complexity index is 931. The number of nitrogens with one attached hydrogen (secondary N) is 1. The lowest BCUT2D eigenvalue weighted by molar-refractivity contribution is 0.0374. The second-order valence-corrected chi connectivity index (χ2v) is 6.92. The number of carbonyl (C=O) groups excluding carboxylic acids is 1. The van der Waals surface area contributed by atoms with Crippen LogP contribution in [0.4, 0.5) is 4.39 Å². The number of ether oxygens (including phenoxy) is 1. The van der Waals surface area contributed by atoms with Gasteiger partial charge in [-0.15, -0.1) is 0 Å². The van der Waals surface area contributed by atoms with Crippen molar-refractivity contribution in [2.24, 2.45) is 0 Å². The van der Waals surface area contributed by atoms with E-state index in [1.165, 1.54) is 12.1 Å². The number of aromatic nitrogens is 3. The number of hydrogen-bond acceptors (Lipinski definition) is 4. The van der Waals surface area contributed by atoms with Gasteiger partial charge in [-0.05, 0) is 49.4 Å². The maximum Gasteiger partial charge on any atom is 0.256 e. The zero-order valence-electron chi connectivity index (χ0n) is 16.1. The maximum absolute atomic E-state index is 13.3. The summed E-state index contributed by atoms with van der Waals surface area (Å²) in [5.41, 5.74) is 1.15. The number of morpholine rings is 1. The normalized spacial score (nSPS) is 14.8. The molecule has 0 saturated carbocycles. The van der Waals surface area contributed by atoms with Gasteiger partial charge in [-0.3, -0.25) is 9.69 Å². The molecule has 1 aromatic carbocycles. The van der Waals surface area contributed by atoms with Gasteiger partial charge in [0.05, 0.1) is 25.1 Å². The van der Waals surface area contributed by atoms with Crippen LogP contribution >= 0.6 is 0 Å². The first-order chi connectivity index (χ1) is 14.2. The summed E-state index contributed by atoms with van der Waals surface area (Å²) >= 11 is 0. The molecule has 1 amide bonds. The Balaban J connectivity index is 1.47. The summed E-state index contributed by atoms with van der Waals surface area (Å²) in [5, 5.41) is 7.38. The van der Waals surface area contributed by atoms with Crippen LogP contribution in [0.25, 0.3) is 11.5 Å². The first kappa shape index (κ1) is 19.4. The van der Waals surface area contributed by atoms with Gasteiger partial charge in [0.2, 0.25) is 0 Å². The smallest absolute Gasteiger partial charge is 0.256 e. The van der Waals surface area contributed by atoms with E-state index in [9.17, 15) is 9.18 Å². The van der Waals surface area contributed by atoms with Crippen LogP contribution < -0.4 is 5.32 Å². The molecule has 0 spiro atoms. The molecule has 1 saturated heterocycles. The molecule has 3 heterocycles. The minimum atomic E-state index is -0.318. The van der Waals surface area contributed by atoms with E-state index in [0.717, 1.165) is 39.3 Å². The van der Waals surface area contributed by atoms with Gasteiger partial charge in [0.25, 0.3) is 5.91 Å². The lowest BCUT2D eigenvalue weighted by Crippen LogP contribution is -2.38. The fourth-order valence-corrected chi connectivity index (χ4v) is 3.42. The molecule has 1 aliphatic heterocycles. The van der Waals surface area contributed by atoms with Crippen LogP contribution in [0.2, 0.25) is 0 Å². The van der Waals surface area contributed by atoms with E-state index in [0.29, 0.717) is 23.6 Å². The van der Waals surface area contributed by atoms with Crippen molar-refractivity contribution in [1.82, 2.24) is 24.6 Å². The quantitative estimate of drug-likeness (QED) is 0.621. The Morgan fingerprint density at radius 2 is 1.86 bits per heavy atom. The van der Waals surface area contributed by atoms with Crippen LogP contribution in [0.15, 0.2) is 55.0 Å². The highest BCUT2D eigenvalue weighted by atomic mass is 19.1. The van der Waals surface area contributed by atoms with Crippen LogP contribution in [0.5, 0.6) is 0 Å². The first-order valence-corrected chi connectivity index (χ1v) is 9.78. The van der Waals surface area contributed by atoms with Gasteiger partial charge in [0, 0.05) is 32.0 Å². The van der Waals surface area contributed by atoms with Crippen molar-refractivity contribution in [3.05, 3.63) is 66.4 Å². The molecule has 0 bridgehead atoms. The van der Waals surface area contributed by atoms with Gasteiger partial charge in [0.1, 0.15) is 11.4 Å². The SMILES string of the molecule is O=C(NCCCN1CCOCC1)c1cnn(-c2ccc(F)cc2)c1-n1cccc1. The van der Waals surface area contributed by atoms with E-state index < -0.39 is 0 Å². The summed E-state index contributed by atoms with van der Waals surface area (Å²) in [4.78, 5) is 15.2. The minimum absolute atomic E-state index is 0.177. The molecule has 7 nitrogen and oxygen atoms in total. The van der Waals surface area contributed by atoms with Crippen LogP contribution in [0.1, 0.15) is 16.8 Å². The monoisotopic (exact) mass is 397 g/mol. The van der Waals surface area contributed by atoms with E-state index in [4.69, 9.17) is 4.74 Å². The number of carbonyl (C=O) groups is 1. The van der Waals surface area contributed by atoms with Crippen molar-refractivity contribution < 1.29 is 13.9 Å². The van der Waals surface area contributed by atoms with Gasteiger partial charge in [-0.1, -0.05) is 0 Å².